The molecule has 4 nitrogen and oxygen atoms in total. The monoisotopic (exact) mass is 258 g/mol. The molecule has 2 rings (SSSR count). The number of nitrogen functional groups attached to an aromatic ring is 1. The molecule has 0 spiro atoms. The Morgan fingerprint density at radius 3 is 2.53 bits per heavy atom. The lowest BCUT2D eigenvalue weighted by Crippen LogP contribution is -2.33. The molecule has 0 amide bonds. The molecule has 1 aromatic carbocycles. The van der Waals surface area contributed by atoms with Gasteiger partial charge in [0.25, 0.3) is 0 Å². The Morgan fingerprint density at radius 1 is 1.41 bits per heavy atom. The van der Waals surface area contributed by atoms with Crippen LogP contribution in [0.5, 0.6) is 0 Å². The molecule has 1 fully saturated rings. The highest BCUT2D eigenvalue weighted by Gasteiger charge is 2.37. The lowest BCUT2D eigenvalue weighted by atomic mass is 10.3. The number of halogens is 1. The van der Waals surface area contributed by atoms with Gasteiger partial charge in [-0.25, -0.2) is 12.8 Å². The maximum atomic E-state index is 13.2. The van der Waals surface area contributed by atoms with E-state index in [-0.39, 0.29) is 16.6 Å². The minimum atomic E-state index is -3.62. The van der Waals surface area contributed by atoms with Gasteiger partial charge in [-0.2, -0.15) is 4.31 Å². The van der Waals surface area contributed by atoms with Crippen molar-refractivity contribution in [2.75, 3.05) is 12.3 Å². The first-order valence-corrected chi connectivity index (χ1v) is 6.97. The molecule has 1 aromatic rings. The second-order valence-electron chi connectivity index (χ2n) is 4.16. The number of benzene rings is 1. The van der Waals surface area contributed by atoms with E-state index >= 15 is 0 Å². The summed E-state index contributed by atoms with van der Waals surface area (Å²) in [7, 11) is -3.62. The molecule has 0 aliphatic heterocycles. The zero-order valence-corrected chi connectivity index (χ0v) is 10.4. The lowest BCUT2D eigenvalue weighted by molar-refractivity contribution is 0.420. The SMILES string of the molecule is CCN(C1CC1)S(=O)(=O)c1cc(N)cc(F)c1. The highest BCUT2D eigenvalue weighted by Crippen LogP contribution is 2.32. The number of nitrogens with zero attached hydrogens (tertiary/aromatic N) is 1. The summed E-state index contributed by atoms with van der Waals surface area (Å²) >= 11 is 0. The van der Waals surface area contributed by atoms with Gasteiger partial charge >= 0.3 is 0 Å². The van der Waals surface area contributed by atoms with Crippen LogP contribution in [0, 0.1) is 5.82 Å². The molecular weight excluding hydrogens is 243 g/mol. The fraction of sp³-hybridized carbons (Fsp3) is 0.455. The van der Waals surface area contributed by atoms with Gasteiger partial charge in [-0.1, -0.05) is 6.92 Å². The van der Waals surface area contributed by atoms with Crippen molar-refractivity contribution in [2.45, 2.75) is 30.7 Å². The molecule has 94 valence electrons. The topological polar surface area (TPSA) is 63.4 Å². The van der Waals surface area contributed by atoms with Crippen molar-refractivity contribution < 1.29 is 12.8 Å². The number of hydrogen-bond acceptors (Lipinski definition) is 3. The van der Waals surface area contributed by atoms with Crippen LogP contribution in [-0.2, 0) is 10.0 Å². The van der Waals surface area contributed by atoms with E-state index in [0.717, 1.165) is 25.0 Å². The van der Waals surface area contributed by atoms with E-state index in [1.807, 2.05) is 0 Å². The van der Waals surface area contributed by atoms with Crippen LogP contribution in [0.1, 0.15) is 19.8 Å². The predicted molar refractivity (Wildman–Crippen MR) is 63.4 cm³/mol. The first-order chi connectivity index (χ1) is 7.95. The van der Waals surface area contributed by atoms with Crippen LogP contribution < -0.4 is 5.73 Å². The molecule has 1 saturated carbocycles. The second kappa shape index (κ2) is 4.27. The van der Waals surface area contributed by atoms with Crippen LogP contribution in [-0.4, -0.2) is 25.3 Å². The summed E-state index contributed by atoms with van der Waals surface area (Å²) in [6.45, 7) is 2.17. The molecule has 0 heterocycles. The smallest absolute Gasteiger partial charge is 0.243 e. The molecule has 1 aliphatic carbocycles. The van der Waals surface area contributed by atoms with Gasteiger partial charge in [0, 0.05) is 18.3 Å². The van der Waals surface area contributed by atoms with Crippen molar-refractivity contribution in [3.05, 3.63) is 24.0 Å². The zero-order valence-electron chi connectivity index (χ0n) is 9.56. The Hall–Kier alpha value is -1.14. The Balaban J connectivity index is 2.42. The zero-order chi connectivity index (χ0) is 12.6. The summed E-state index contributed by atoms with van der Waals surface area (Å²) in [5.41, 5.74) is 5.59. The van der Waals surface area contributed by atoms with Crippen LogP contribution in [0.15, 0.2) is 23.1 Å². The Morgan fingerprint density at radius 2 is 2.06 bits per heavy atom. The van der Waals surface area contributed by atoms with Gasteiger partial charge in [-0.15, -0.1) is 0 Å². The van der Waals surface area contributed by atoms with Crippen molar-refractivity contribution in [2.24, 2.45) is 0 Å². The minimum Gasteiger partial charge on any atom is -0.399 e. The molecule has 0 atom stereocenters. The highest BCUT2D eigenvalue weighted by atomic mass is 32.2. The van der Waals surface area contributed by atoms with Crippen molar-refractivity contribution in [3.8, 4) is 0 Å². The van der Waals surface area contributed by atoms with E-state index < -0.39 is 15.8 Å². The molecule has 2 N–H and O–H groups in total. The summed E-state index contributed by atoms with van der Waals surface area (Å²) in [6, 6.07) is 3.47. The third-order valence-electron chi connectivity index (χ3n) is 2.77. The van der Waals surface area contributed by atoms with Gasteiger partial charge in [0.2, 0.25) is 10.0 Å². The van der Waals surface area contributed by atoms with E-state index in [0.29, 0.717) is 6.54 Å². The van der Waals surface area contributed by atoms with Crippen LogP contribution in [0.2, 0.25) is 0 Å². The standard InChI is InChI=1S/C11H15FN2O2S/c1-2-14(10-3-4-10)17(15,16)11-6-8(12)5-9(13)7-11/h5-7,10H,2-4,13H2,1H3. The first kappa shape index (κ1) is 12.3. The quantitative estimate of drug-likeness (QED) is 0.834. The Bertz CT molecular complexity index is 506. The van der Waals surface area contributed by atoms with Gasteiger partial charge in [0.1, 0.15) is 5.82 Å². The average molecular weight is 258 g/mol. The molecule has 0 unspecified atom stereocenters. The fourth-order valence-electron chi connectivity index (χ4n) is 1.86. The number of hydrogen-bond donors (Lipinski definition) is 1. The molecule has 17 heavy (non-hydrogen) atoms. The third-order valence-corrected chi connectivity index (χ3v) is 4.77. The maximum Gasteiger partial charge on any atom is 0.243 e. The highest BCUT2D eigenvalue weighted by molar-refractivity contribution is 7.89. The van der Waals surface area contributed by atoms with Crippen LogP contribution in [0.4, 0.5) is 10.1 Å². The number of nitrogens with two attached hydrogens (primary N) is 1. The normalized spacial score (nSPS) is 16.4. The largest absolute Gasteiger partial charge is 0.399 e. The van der Waals surface area contributed by atoms with Crippen molar-refractivity contribution in [1.82, 2.24) is 4.31 Å². The van der Waals surface area contributed by atoms with Crippen LogP contribution >= 0.6 is 0 Å². The van der Waals surface area contributed by atoms with Crippen molar-refractivity contribution in [3.63, 3.8) is 0 Å². The molecule has 0 saturated heterocycles. The van der Waals surface area contributed by atoms with Crippen LogP contribution in [0.3, 0.4) is 0 Å². The Kier molecular flexibility index (Phi) is 3.09. The Labute approximate surface area is 100 Å². The summed E-state index contributed by atoms with van der Waals surface area (Å²) < 4.78 is 39.1. The summed E-state index contributed by atoms with van der Waals surface area (Å²) in [5, 5.41) is 0. The summed E-state index contributed by atoms with van der Waals surface area (Å²) in [5.74, 6) is -0.629. The first-order valence-electron chi connectivity index (χ1n) is 5.53. The van der Waals surface area contributed by atoms with Gasteiger partial charge in [-0.3, -0.25) is 0 Å². The molecule has 1 aliphatic rings. The molecular formula is C11H15FN2O2S. The average Bonchev–Trinajstić information content (AvgIpc) is 3.01. The van der Waals surface area contributed by atoms with E-state index in [2.05, 4.69) is 0 Å². The molecule has 6 heteroatoms. The predicted octanol–water partition coefficient (Wildman–Crippen LogP) is 1.58. The minimum absolute atomic E-state index is 0.0643. The fourth-order valence-corrected chi connectivity index (χ4v) is 3.62. The van der Waals surface area contributed by atoms with Gasteiger partial charge < -0.3 is 5.73 Å². The third kappa shape index (κ3) is 2.42. The molecule has 0 aromatic heterocycles. The van der Waals surface area contributed by atoms with Crippen molar-refractivity contribution >= 4 is 15.7 Å². The molecule has 0 bridgehead atoms. The van der Waals surface area contributed by atoms with Crippen molar-refractivity contribution in [1.29, 1.82) is 0 Å². The number of anilines is 1. The van der Waals surface area contributed by atoms with E-state index in [1.165, 1.54) is 10.4 Å². The molecule has 0 radical (unpaired) electrons. The van der Waals surface area contributed by atoms with E-state index in [1.54, 1.807) is 6.92 Å². The van der Waals surface area contributed by atoms with Gasteiger partial charge in [0.15, 0.2) is 0 Å². The van der Waals surface area contributed by atoms with E-state index in [9.17, 15) is 12.8 Å². The van der Waals surface area contributed by atoms with Gasteiger partial charge in [-0.05, 0) is 31.0 Å². The van der Waals surface area contributed by atoms with E-state index in [4.69, 9.17) is 5.73 Å². The summed E-state index contributed by atoms with van der Waals surface area (Å²) in [4.78, 5) is -0.0660. The second-order valence-corrected chi connectivity index (χ2v) is 6.05. The number of rotatable bonds is 4. The summed E-state index contributed by atoms with van der Waals surface area (Å²) in [6.07, 6.45) is 1.75. The number of sulfonamides is 1. The van der Waals surface area contributed by atoms with Gasteiger partial charge in [0.05, 0.1) is 4.90 Å². The maximum absolute atomic E-state index is 13.2. The van der Waals surface area contributed by atoms with Crippen LogP contribution in [0.25, 0.3) is 0 Å². The lowest BCUT2D eigenvalue weighted by Gasteiger charge is -2.20.